The number of aromatic nitrogens is 1. The van der Waals surface area contributed by atoms with Crippen LogP contribution in [0.15, 0.2) is 18.3 Å². The van der Waals surface area contributed by atoms with E-state index >= 15 is 0 Å². The Morgan fingerprint density at radius 3 is 2.82 bits per heavy atom. The van der Waals surface area contributed by atoms with Crippen molar-refractivity contribution >= 4 is 5.69 Å². The lowest BCUT2D eigenvalue weighted by atomic mass is 9.97. The maximum Gasteiger partial charge on any atom is 0.393 e. The minimum Gasteiger partial charge on any atom is -0.371 e. The number of hydrogen-bond acceptors (Lipinski definition) is 2. The van der Waals surface area contributed by atoms with Crippen LogP contribution >= 0.6 is 0 Å². The number of rotatable bonds is 1. The predicted molar refractivity (Wildman–Crippen MR) is 60.0 cm³/mol. The summed E-state index contributed by atoms with van der Waals surface area (Å²) >= 11 is 0. The van der Waals surface area contributed by atoms with Gasteiger partial charge in [0.15, 0.2) is 0 Å². The molecule has 1 atom stereocenters. The van der Waals surface area contributed by atoms with Gasteiger partial charge in [0.25, 0.3) is 0 Å². The summed E-state index contributed by atoms with van der Waals surface area (Å²) in [5.41, 5.74) is 1.67. The summed E-state index contributed by atoms with van der Waals surface area (Å²) in [6, 6.07) is 3.60. The highest BCUT2D eigenvalue weighted by molar-refractivity contribution is 5.46. The molecule has 17 heavy (non-hydrogen) atoms. The second-order valence-electron chi connectivity index (χ2n) is 4.48. The van der Waals surface area contributed by atoms with Crippen LogP contribution in [0.4, 0.5) is 18.9 Å². The molecule has 1 aliphatic heterocycles. The third kappa shape index (κ3) is 2.90. The fourth-order valence-corrected chi connectivity index (χ4v) is 2.21. The van der Waals surface area contributed by atoms with Gasteiger partial charge in [-0.25, -0.2) is 0 Å². The molecule has 1 fully saturated rings. The van der Waals surface area contributed by atoms with Crippen molar-refractivity contribution in [3.63, 3.8) is 0 Å². The fourth-order valence-electron chi connectivity index (χ4n) is 2.21. The zero-order chi connectivity index (χ0) is 12.5. The van der Waals surface area contributed by atoms with Crippen molar-refractivity contribution in [2.45, 2.75) is 25.9 Å². The van der Waals surface area contributed by atoms with Crippen LogP contribution in [0.3, 0.4) is 0 Å². The van der Waals surface area contributed by atoms with Crippen LogP contribution < -0.4 is 4.90 Å². The average Bonchev–Trinajstić information content (AvgIpc) is 2.28. The number of pyridine rings is 1. The maximum absolute atomic E-state index is 12.7. The zero-order valence-electron chi connectivity index (χ0n) is 9.67. The van der Waals surface area contributed by atoms with Gasteiger partial charge in [0.2, 0.25) is 0 Å². The van der Waals surface area contributed by atoms with Crippen molar-refractivity contribution in [2.24, 2.45) is 5.92 Å². The van der Waals surface area contributed by atoms with E-state index in [9.17, 15) is 13.2 Å². The molecule has 0 bridgehead atoms. The number of alkyl halides is 3. The summed E-state index contributed by atoms with van der Waals surface area (Å²) in [5, 5.41) is 0. The molecule has 0 radical (unpaired) electrons. The second kappa shape index (κ2) is 4.55. The van der Waals surface area contributed by atoms with Crippen molar-refractivity contribution in [1.29, 1.82) is 0 Å². The molecule has 0 saturated carbocycles. The number of piperidine rings is 1. The van der Waals surface area contributed by atoms with Gasteiger partial charge in [-0.3, -0.25) is 4.98 Å². The smallest absolute Gasteiger partial charge is 0.371 e. The Morgan fingerprint density at radius 1 is 1.41 bits per heavy atom. The van der Waals surface area contributed by atoms with Crippen LogP contribution in [-0.4, -0.2) is 24.2 Å². The van der Waals surface area contributed by atoms with Crippen molar-refractivity contribution in [3.8, 4) is 0 Å². The topological polar surface area (TPSA) is 16.1 Å². The molecule has 5 heteroatoms. The molecular formula is C12H15F3N2. The van der Waals surface area contributed by atoms with E-state index in [1.165, 1.54) is 0 Å². The van der Waals surface area contributed by atoms with Crippen molar-refractivity contribution in [3.05, 3.63) is 24.0 Å². The third-order valence-electron chi connectivity index (χ3n) is 3.13. The SMILES string of the molecule is Cc1cc(N2CCC[C@@H](C(F)(F)F)C2)ccn1. The minimum atomic E-state index is -4.08. The molecule has 0 amide bonds. The summed E-state index contributed by atoms with van der Waals surface area (Å²) < 4.78 is 38.0. The molecule has 0 aromatic carbocycles. The predicted octanol–water partition coefficient (Wildman–Crippen LogP) is 3.17. The highest BCUT2D eigenvalue weighted by Gasteiger charge is 2.41. The minimum absolute atomic E-state index is 0.0625. The van der Waals surface area contributed by atoms with Crippen LogP contribution in [0.5, 0.6) is 0 Å². The van der Waals surface area contributed by atoms with Crippen molar-refractivity contribution in [2.75, 3.05) is 18.0 Å². The Kier molecular flexibility index (Phi) is 3.26. The molecule has 2 rings (SSSR count). The largest absolute Gasteiger partial charge is 0.393 e. The van der Waals surface area contributed by atoms with Crippen molar-refractivity contribution in [1.82, 2.24) is 4.98 Å². The quantitative estimate of drug-likeness (QED) is 0.754. The molecule has 1 aliphatic rings. The summed E-state index contributed by atoms with van der Waals surface area (Å²) in [5.74, 6) is -1.20. The molecule has 0 spiro atoms. The molecular weight excluding hydrogens is 229 g/mol. The molecule has 2 nitrogen and oxygen atoms in total. The lowest BCUT2D eigenvalue weighted by Gasteiger charge is -2.35. The van der Waals surface area contributed by atoms with E-state index < -0.39 is 12.1 Å². The van der Waals surface area contributed by atoms with Gasteiger partial charge in [-0.1, -0.05) is 0 Å². The van der Waals surface area contributed by atoms with Crippen molar-refractivity contribution < 1.29 is 13.2 Å². The lowest BCUT2D eigenvalue weighted by molar-refractivity contribution is -0.175. The number of aryl methyl sites for hydroxylation is 1. The Morgan fingerprint density at radius 2 is 2.18 bits per heavy atom. The second-order valence-corrected chi connectivity index (χ2v) is 4.48. The van der Waals surface area contributed by atoms with E-state index in [2.05, 4.69) is 4.98 Å². The summed E-state index contributed by atoms with van der Waals surface area (Å²) in [4.78, 5) is 5.86. The van der Waals surface area contributed by atoms with Crippen LogP contribution in [0.2, 0.25) is 0 Å². The first kappa shape index (κ1) is 12.2. The first-order valence-electron chi connectivity index (χ1n) is 5.71. The molecule has 0 aliphatic carbocycles. The van der Waals surface area contributed by atoms with Gasteiger partial charge in [0.1, 0.15) is 0 Å². The molecule has 0 unspecified atom stereocenters. The Balaban J connectivity index is 2.12. The van der Waals surface area contributed by atoms with Gasteiger partial charge >= 0.3 is 6.18 Å². The van der Waals surface area contributed by atoms with E-state index in [1.807, 2.05) is 13.0 Å². The van der Waals surface area contributed by atoms with Gasteiger partial charge in [0.05, 0.1) is 5.92 Å². The maximum atomic E-state index is 12.7. The molecule has 1 saturated heterocycles. The van der Waals surface area contributed by atoms with Gasteiger partial charge in [-0.05, 0) is 31.9 Å². The standard InChI is InChI=1S/C12H15F3N2/c1-9-7-11(4-5-16-9)17-6-2-3-10(8-17)12(13,14)15/h4-5,7,10H,2-3,6,8H2,1H3/t10-/m1/s1. The van der Waals surface area contributed by atoms with Crippen LogP contribution in [-0.2, 0) is 0 Å². The average molecular weight is 244 g/mol. The highest BCUT2D eigenvalue weighted by atomic mass is 19.4. The first-order valence-corrected chi connectivity index (χ1v) is 5.71. The van der Waals surface area contributed by atoms with E-state index in [1.54, 1.807) is 17.2 Å². The summed E-state index contributed by atoms with van der Waals surface area (Å²) in [7, 11) is 0. The Bertz CT molecular complexity index is 390. The Labute approximate surface area is 98.5 Å². The van der Waals surface area contributed by atoms with Gasteiger partial charge in [0, 0.05) is 30.7 Å². The van der Waals surface area contributed by atoms with E-state index in [4.69, 9.17) is 0 Å². The third-order valence-corrected chi connectivity index (χ3v) is 3.13. The first-order chi connectivity index (χ1) is 7.97. The van der Waals surface area contributed by atoms with Crippen LogP contribution in [0, 0.1) is 12.8 Å². The van der Waals surface area contributed by atoms with Gasteiger partial charge in [-0.15, -0.1) is 0 Å². The Hall–Kier alpha value is -1.26. The summed E-state index contributed by atoms with van der Waals surface area (Å²) in [6.45, 7) is 2.59. The van der Waals surface area contributed by atoms with E-state index in [0.717, 1.165) is 11.4 Å². The van der Waals surface area contributed by atoms with E-state index in [-0.39, 0.29) is 13.0 Å². The fraction of sp³-hybridized carbons (Fsp3) is 0.583. The lowest BCUT2D eigenvalue weighted by Crippen LogP contribution is -2.41. The molecule has 0 N–H and O–H groups in total. The van der Waals surface area contributed by atoms with Gasteiger partial charge < -0.3 is 4.90 Å². The number of anilines is 1. The molecule has 1 aromatic heterocycles. The number of halogens is 3. The van der Waals surface area contributed by atoms with E-state index in [0.29, 0.717) is 13.0 Å². The number of hydrogen-bond donors (Lipinski definition) is 0. The van der Waals surface area contributed by atoms with Crippen LogP contribution in [0.25, 0.3) is 0 Å². The summed E-state index contributed by atoms with van der Waals surface area (Å²) in [6.07, 6.45) is -1.61. The molecule has 1 aromatic rings. The molecule has 94 valence electrons. The highest BCUT2D eigenvalue weighted by Crippen LogP contribution is 2.34. The monoisotopic (exact) mass is 244 g/mol. The normalized spacial score (nSPS) is 21.6. The van der Waals surface area contributed by atoms with Crippen LogP contribution in [0.1, 0.15) is 18.5 Å². The molecule has 2 heterocycles. The van der Waals surface area contributed by atoms with Gasteiger partial charge in [-0.2, -0.15) is 13.2 Å². The number of nitrogens with zero attached hydrogens (tertiary/aromatic N) is 2. The zero-order valence-corrected chi connectivity index (χ0v) is 9.67.